The van der Waals surface area contributed by atoms with Crippen molar-refractivity contribution in [2.24, 2.45) is 5.92 Å². The van der Waals surface area contributed by atoms with Crippen LogP contribution in [0.4, 0.5) is 0 Å². The smallest absolute Gasteiger partial charge is 0.327 e. The van der Waals surface area contributed by atoms with Crippen molar-refractivity contribution in [2.75, 3.05) is 60.8 Å². The Morgan fingerprint density at radius 3 is 1.49 bits per heavy atom. The van der Waals surface area contributed by atoms with E-state index in [1.54, 1.807) is 0 Å². The van der Waals surface area contributed by atoms with Gasteiger partial charge in [-0.2, -0.15) is 0 Å². The third kappa shape index (κ3) is 35.9. The molecule has 3 unspecified atom stereocenters. The van der Waals surface area contributed by atoms with Gasteiger partial charge in [0.2, 0.25) is 0 Å². The van der Waals surface area contributed by atoms with E-state index in [1.807, 2.05) is 35.0 Å². The maximum absolute atomic E-state index is 12.9. The highest BCUT2D eigenvalue weighted by atomic mass is 31.2. The first-order valence-electron chi connectivity index (χ1n) is 21.5. The fraction of sp³-hybridized carbons (Fsp3) is 0.929. The van der Waals surface area contributed by atoms with E-state index in [2.05, 4.69) is 6.92 Å². The lowest BCUT2D eigenvalue weighted by Gasteiger charge is -2.25. The van der Waals surface area contributed by atoms with E-state index in [1.165, 1.54) is 70.9 Å². The second kappa shape index (κ2) is 33.8. The number of carbonyl (C=O) groups excluding carboxylic acids is 3. The molecule has 3 atom stereocenters. The molecular formula is C42H83NO9P+. The zero-order valence-electron chi connectivity index (χ0n) is 35.4. The van der Waals surface area contributed by atoms with Crippen molar-refractivity contribution >= 4 is 25.5 Å². The molecule has 314 valence electrons. The maximum Gasteiger partial charge on any atom is 0.327 e. The van der Waals surface area contributed by atoms with E-state index in [0.717, 1.165) is 77.0 Å². The predicted molar refractivity (Wildman–Crippen MR) is 216 cm³/mol. The lowest BCUT2D eigenvalue weighted by molar-refractivity contribution is -0.870. The molecule has 0 saturated carbocycles. The highest BCUT2D eigenvalue weighted by molar-refractivity contribution is 7.52. The SMILES string of the molecule is CCCCCCCCCCCCCCCC(=O)OCC(COP(C)(=O)OCC[N+](C)(C)C)OC(=O)CCCCCCCCCCCOC(=O)C(C)CC. The van der Waals surface area contributed by atoms with Gasteiger partial charge in [-0.05, 0) is 25.7 Å². The van der Waals surface area contributed by atoms with Crippen LogP contribution < -0.4 is 0 Å². The number of carbonyl (C=O) groups is 3. The summed E-state index contributed by atoms with van der Waals surface area (Å²) in [5.74, 6) is -0.818. The second-order valence-corrected chi connectivity index (χ2v) is 18.2. The largest absolute Gasteiger partial charge is 0.465 e. The second-order valence-electron chi connectivity index (χ2n) is 16.1. The molecule has 0 aliphatic heterocycles. The molecule has 0 aliphatic rings. The number of rotatable bonds is 38. The van der Waals surface area contributed by atoms with Crippen molar-refractivity contribution in [3.05, 3.63) is 0 Å². The molecule has 10 nitrogen and oxygen atoms in total. The summed E-state index contributed by atoms with van der Waals surface area (Å²) in [6.07, 6.45) is 25.8. The molecule has 0 N–H and O–H groups in total. The van der Waals surface area contributed by atoms with Crippen LogP contribution in [0.15, 0.2) is 0 Å². The van der Waals surface area contributed by atoms with Gasteiger partial charge in [0.15, 0.2) is 6.10 Å². The summed E-state index contributed by atoms with van der Waals surface area (Å²) in [7, 11) is 2.68. The molecule has 0 aromatic carbocycles. The zero-order chi connectivity index (χ0) is 39.6. The minimum Gasteiger partial charge on any atom is -0.465 e. The topological polar surface area (TPSA) is 114 Å². The standard InChI is InChI=1S/C42H83NO9P/c1-8-10-11-12-13-14-15-16-17-19-22-25-28-31-40(44)49-36-39(37-51-53(7,47)50-35-33-43(4,5)6)52-41(45)32-29-26-23-20-18-21-24-27-30-34-48-42(46)38(3)9-2/h38-39H,8-37H2,1-7H3/q+1. The molecule has 0 aromatic heterocycles. The molecule has 0 saturated heterocycles. The first kappa shape index (κ1) is 51.5. The average Bonchev–Trinajstić information content (AvgIpc) is 3.10. The van der Waals surface area contributed by atoms with Crippen LogP contribution in [0.1, 0.15) is 181 Å². The molecule has 0 rings (SSSR count). The number of hydrogen-bond acceptors (Lipinski definition) is 9. The van der Waals surface area contributed by atoms with E-state index >= 15 is 0 Å². The molecule has 0 amide bonds. The van der Waals surface area contributed by atoms with E-state index in [-0.39, 0.29) is 50.1 Å². The Hall–Kier alpha value is -1.48. The van der Waals surface area contributed by atoms with Crippen molar-refractivity contribution in [3.63, 3.8) is 0 Å². The quantitative estimate of drug-likeness (QED) is 0.0199. The highest BCUT2D eigenvalue weighted by Gasteiger charge is 2.24. The predicted octanol–water partition coefficient (Wildman–Crippen LogP) is 11.0. The Labute approximate surface area is 325 Å². The molecular weight excluding hydrogens is 693 g/mol. The van der Waals surface area contributed by atoms with E-state index in [4.69, 9.17) is 23.3 Å². The van der Waals surface area contributed by atoms with Crippen LogP contribution in [0.5, 0.6) is 0 Å². The van der Waals surface area contributed by atoms with Crippen molar-refractivity contribution in [1.82, 2.24) is 0 Å². The van der Waals surface area contributed by atoms with Crippen molar-refractivity contribution in [1.29, 1.82) is 0 Å². The van der Waals surface area contributed by atoms with Gasteiger partial charge in [0, 0.05) is 19.5 Å². The molecule has 0 heterocycles. The Morgan fingerprint density at radius 1 is 0.566 bits per heavy atom. The first-order valence-corrected chi connectivity index (χ1v) is 23.5. The van der Waals surface area contributed by atoms with Gasteiger partial charge in [-0.25, -0.2) is 0 Å². The van der Waals surface area contributed by atoms with E-state index in [0.29, 0.717) is 30.5 Å². The van der Waals surface area contributed by atoms with Gasteiger partial charge < -0.3 is 27.7 Å². The maximum atomic E-state index is 12.9. The summed E-state index contributed by atoms with van der Waals surface area (Å²) in [5, 5.41) is 0. The minimum absolute atomic E-state index is 0.0233. The lowest BCUT2D eigenvalue weighted by atomic mass is 10.0. The third-order valence-electron chi connectivity index (χ3n) is 9.58. The summed E-state index contributed by atoms with van der Waals surface area (Å²) < 4.78 is 41.1. The van der Waals surface area contributed by atoms with E-state index in [9.17, 15) is 18.9 Å². The zero-order valence-corrected chi connectivity index (χ0v) is 36.3. The number of quaternary nitrogens is 1. The first-order chi connectivity index (χ1) is 25.3. The van der Waals surface area contributed by atoms with Crippen LogP contribution in [0.3, 0.4) is 0 Å². The molecule has 0 radical (unpaired) electrons. The summed E-state index contributed by atoms with van der Waals surface area (Å²) in [6, 6.07) is 0. The molecule has 0 aliphatic carbocycles. The van der Waals surface area contributed by atoms with Gasteiger partial charge in [-0.15, -0.1) is 0 Å². The van der Waals surface area contributed by atoms with Gasteiger partial charge >= 0.3 is 25.5 Å². The number of unbranched alkanes of at least 4 members (excludes halogenated alkanes) is 20. The number of nitrogens with zero attached hydrogens (tertiary/aromatic N) is 1. The number of ether oxygens (including phenoxy) is 3. The number of hydrogen-bond donors (Lipinski definition) is 0. The Kier molecular flexibility index (Phi) is 32.9. The van der Waals surface area contributed by atoms with Gasteiger partial charge in [-0.1, -0.05) is 143 Å². The highest BCUT2D eigenvalue weighted by Crippen LogP contribution is 2.43. The molecule has 11 heteroatoms. The fourth-order valence-electron chi connectivity index (χ4n) is 5.73. The third-order valence-corrected chi connectivity index (χ3v) is 10.8. The summed E-state index contributed by atoms with van der Waals surface area (Å²) >= 11 is 0. The summed E-state index contributed by atoms with van der Waals surface area (Å²) in [6.45, 7) is 8.69. The fourth-order valence-corrected chi connectivity index (χ4v) is 6.66. The van der Waals surface area contributed by atoms with Crippen molar-refractivity contribution in [2.45, 2.75) is 187 Å². The monoisotopic (exact) mass is 777 g/mol. The van der Waals surface area contributed by atoms with Gasteiger partial charge in [-0.3, -0.25) is 18.9 Å². The van der Waals surface area contributed by atoms with Crippen LogP contribution in [-0.4, -0.2) is 89.3 Å². The Balaban J connectivity index is 4.37. The van der Waals surface area contributed by atoms with Crippen molar-refractivity contribution < 1.29 is 46.7 Å². The Morgan fingerprint density at radius 2 is 1.02 bits per heavy atom. The normalized spacial score (nSPS) is 14.0. The summed E-state index contributed by atoms with van der Waals surface area (Å²) in [5.41, 5.74) is 0. The minimum atomic E-state index is -3.39. The van der Waals surface area contributed by atoms with Crippen LogP contribution in [-0.2, 0) is 42.2 Å². The van der Waals surface area contributed by atoms with Crippen LogP contribution in [0.25, 0.3) is 0 Å². The lowest BCUT2D eigenvalue weighted by Crippen LogP contribution is -2.37. The molecule has 0 spiro atoms. The Bertz CT molecular complexity index is 955. The number of esters is 3. The average molecular weight is 777 g/mol. The molecule has 53 heavy (non-hydrogen) atoms. The molecule has 0 fully saturated rings. The van der Waals surface area contributed by atoms with Gasteiger partial charge in [0.05, 0.1) is 40.3 Å². The van der Waals surface area contributed by atoms with Gasteiger partial charge in [0.25, 0.3) is 0 Å². The summed E-state index contributed by atoms with van der Waals surface area (Å²) in [4.78, 5) is 36.9. The van der Waals surface area contributed by atoms with Crippen LogP contribution >= 0.6 is 7.60 Å². The van der Waals surface area contributed by atoms with Crippen LogP contribution in [0.2, 0.25) is 0 Å². The van der Waals surface area contributed by atoms with E-state index < -0.39 is 13.7 Å². The van der Waals surface area contributed by atoms with Gasteiger partial charge in [0.1, 0.15) is 19.8 Å². The molecule has 0 aromatic rings. The molecule has 0 bridgehead atoms. The van der Waals surface area contributed by atoms with Crippen molar-refractivity contribution in [3.8, 4) is 0 Å². The number of likely N-dealkylation sites (N-methyl/N-ethyl adjacent to an activating group) is 1. The van der Waals surface area contributed by atoms with Crippen LogP contribution in [0, 0.1) is 5.92 Å².